The monoisotopic (exact) mass is 427 g/mol. The van der Waals surface area contributed by atoms with Crippen LogP contribution in [0, 0.1) is 0 Å². The van der Waals surface area contributed by atoms with E-state index >= 15 is 0 Å². The molecule has 1 amide bonds. The maximum absolute atomic E-state index is 13.2. The van der Waals surface area contributed by atoms with Gasteiger partial charge >= 0.3 is 6.09 Å². The van der Waals surface area contributed by atoms with Gasteiger partial charge in [0.05, 0.1) is 4.58 Å². The van der Waals surface area contributed by atoms with E-state index in [-0.39, 0.29) is 17.5 Å². The van der Waals surface area contributed by atoms with Gasteiger partial charge in [-0.25, -0.2) is 4.79 Å². The lowest BCUT2D eigenvalue weighted by atomic mass is 10.1. The lowest BCUT2D eigenvalue weighted by Crippen LogP contribution is -2.52. The quantitative estimate of drug-likeness (QED) is 0.563. The summed E-state index contributed by atoms with van der Waals surface area (Å²) in [6, 6.07) is 4.03. The molecule has 0 radical (unpaired) electrons. The molecule has 0 aromatic heterocycles. The van der Waals surface area contributed by atoms with Gasteiger partial charge in [0.2, 0.25) is 6.79 Å². The van der Waals surface area contributed by atoms with Gasteiger partial charge in [0.15, 0.2) is 19.7 Å². The van der Waals surface area contributed by atoms with E-state index in [4.69, 9.17) is 14.2 Å². The van der Waals surface area contributed by atoms with Crippen molar-refractivity contribution in [1.29, 1.82) is 0 Å². The molecule has 5 nitrogen and oxygen atoms in total. The molecule has 0 atom stereocenters. The number of hydrogen-bond acceptors (Lipinski definition) is 6. The Bertz CT molecular complexity index is 709. The summed E-state index contributed by atoms with van der Waals surface area (Å²) in [5.41, 5.74) is 1.49. The first kappa shape index (κ1) is 20.7. The zero-order valence-electron chi connectivity index (χ0n) is 17.0. The van der Waals surface area contributed by atoms with E-state index in [9.17, 15) is 4.79 Å². The van der Waals surface area contributed by atoms with Gasteiger partial charge in [-0.3, -0.25) is 0 Å². The van der Waals surface area contributed by atoms with E-state index in [1.165, 1.54) is 6.42 Å². The maximum Gasteiger partial charge on any atom is 0.406 e. The first-order valence-corrected chi connectivity index (χ1v) is 14.8. The molecule has 0 spiro atoms. The van der Waals surface area contributed by atoms with Gasteiger partial charge in [0, 0.05) is 17.3 Å². The van der Waals surface area contributed by atoms with Crippen LogP contribution in [0.5, 0.6) is 11.5 Å². The molecule has 1 aromatic carbocycles. The van der Waals surface area contributed by atoms with Crippen molar-refractivity contribution in [1.82, 2.24) is 0 Å². The number of anilines is 1. The molecule has 2 heterocycles. The maximum atomic E-state index is 13.2. The van der Waals surface area contributed by atoms with E-state index in [1.807, 2.05) is 54.9 Å². The minimum absolute atomic E-state index is 0.225. The fraction of sp³-hybridized carbons (Fsp3) is 0.632. The molecule has 2 aliphatic rings. The van der Waals surface area contributed by atoms with Crippen molar-refractivity contribution in [2.24, 2.45) is 0 Å². The zero-order valence-corrected chi connectivity index (χ0v) is 19.6. The predicted molar refractivity (Wildman–Crippen MR) is 117 cm³/mol. The van der Waals surface area contributed by atoms with Gasteiger partial charge in [-0.1, -0.05) is 19.6 Å². The summed E-state index contributed by atoms with van der Waals surface area (Å²) < 4.78 is 19.2. The van der Waals surface area contributed by atoms with Crippen molar-refractivity contribution >= 4 is 43.5 Å². The average Bonchev–Trinajstić information content (AvgIpc) is 2.99. The molecule has 0 bridgehead atoms. The van der Waals surface area contributed by atoms with Crippen molar-refractivity contribution in [3.05, 3.63) is 17.7 Å². The van der Waals surface area contributed by atoms with Crippen LogP contribution in [0.1, 0.15) is 37.3 Å². The Hall–Kier alpha value is -0.993. The SMILES string of the molecule is CC(C)(C)OC(=O)N(c1cc2c(cc1C1SCCCS1)OCO2)[Si](C)(C)C. The predicted octanol–water partition coefficient (Wildman–Crippen LogP) is 5.86. The normalized spacial score (nSPS) is 17.7. The van der Waals surface area contributed by atoms with E-state index in [0.29, 0.717) is 5.75 Å². The van der Waals surface area contributed by atoms with Crippen LogP contribution in [0.15, 0.2) is 12.1 Å². The molecule has 27 heavy (non-hydrogen) atoms. The largest absolute Gasteiger partial charge is 0.454 e. The van der Waals surface area contributed by atoms with Crippen molar-refractivity contribution in [3.8, 4) is 11.5 Å². The number of ether oxygens (including phenoxy) is 3. The average molecular weight is 428 g/mol. The molecular weight excluding hydrogens is 398 g/mol. The summed E-state index contributed by atoms with van der Waals surface area (Å²) >= 11 is 3.86. The second-order valence-electron chi connectivity index (χ2n) is 8.68. The van der Waals surface area contributed by atoms with Crippen LogP contribution in [-0.4, -0.2) is 38.2 Å². The lowest BCUT2D eigenvalue weighted by Gasteiger charge is -2.38. The first-order valence-electron chi connectivity index (χ1n) is 9.26. The molecule has 1 saturated heterocycles. The summed E-state index contributed by atoms with van der Waals surface area (Å²) in [7, 11) is -2.07. The smallest absolute Gasteiger partial charge is 0.406 e. The van der Waals surface area contributed by atoms with E-state index < -0.39 is 13.8 Å². The summed E-state index contributed by atoms with van der Waals surface area (Å²) in [4.78, 5) is 13.2. The van der Waals surface area contributed by atoms with Gasteiger partial charge in [-0.2, -0.15) is 0 Å². The molecule has 1 aromatic rings. The van der Waals surface area contributed by atoms with Crippen molar-refractivity contribution < 1.29 is 19.0 Å². The number of carbonyl (C=O) groups excluding carboxylic acids is 1. The van der Waals surface area contributed by atoms with Gasteiger partial charge in [0.25, 0.3) is 0 Å². The number of hydrogen-bond donors (Lipinski definition) is 0. The Morgan fingerprint density at radius 1 is 1.15 bits per heavy atom. The molecule has 0 N–H and O–H groups in total. The molecule has 150 valence electrons. The zero-order chi connectivity index (χ0) is 19.8. The Labute approximate surface area is 171 Å². The Morgan fingerprint density at radius 3 is 2.30 bits per heavy atom. The third-order valence-corrected chi connectivity index (χ3v) is 8.83. The van der Waals surface area contributed by atoms with E-state index in [1.54, 1.807) is 0 Å². The van der Waals surface area contributed by atoms with Crippen LogP contribution in [0.25, 0.3) is 0 Å². The molecular formula is C19H29NO4S2Si. The van der Waals surface area contributed by atoms with Gasteiger partial charge in [0.1, 0.15) is 5.60 Å². The summed E-state index contributed by atoms with van der Waals surface area (Å²) in [6.45, 7) is 12.4. The van der Waals surface area contributed by atoms with Crippen LogP contribution < -0.4 is 14.0 Å². The van der Waals surface area contributed by atoms with Crippen LogP contribution in [-0.2, 0) is 4.74 Å². The number of carbonyl (C=O) groups is 1. The molecule has 2 aliphatic heterocycles. The standard InChI is InChI=1S/C19H29NO4S2Si/c1-19(2,3)24-18(21)20(27(4,5)6)14-11-16-15(22-12-23-16)10-13(14)17-25-8-7-9-26-17/h10-11,17H,7-9,12H2,1-6H3. The van der Waals surface area contributed by atoms with E-state index in [2.05, 4.69) is 25.7 Å². The number of rotatable bonds is 3. The summed E-state index contributed by atoms with van der Waals surface area (Å²) in [5, 5.41) is 0. The van der Waals surface area contributed by atoms with Crippen LogP contribution in [0.2, 0.25) is 19.6 Å². The second kappa shape index (κ2) is 7.79. The van der Waals surface area contributed by atoms with Crippen molar-refractivity contribution in [2.75, 3.05) is 22.9 Å². The molecule has 3 rings (SSSR count). The number of nitrogens with zero attached hydrogens (tertiary/aromatic N) is 1. The first-order chi connectivity index (χ1) is 12.6. The Balaban J connectivity index is 2.08. The molecule has 1 fully saturated rings. The molecule has 0 aliphatic carbocycles. The van der Waals surface area contributed by atoms with Crippen LogP contribution >= 0.6 is 23.5 Å². The number of amides is 1. The van der Waals surface area contributed by atoms with Gasteiger partial charge < -0.3 is 18.8 Å². The minimum atomic E-state index is -2.07. The summed E-state index contributed by atoms with van der Waals surface area (Å²) in [5.74, 6) is 3.72. The Kier molecular flexibility index (Phi) is 5.98. The fourth-order valence-electron chi connectivity index (χ4n) is 3.04. The number of thioether (sulfide) groups is 2. The minimum Gasteiger partial charge on any atom is -0.454 e. The van der Waals surface area contributed by atoms with E-state index in [0.717, 1.165) is 28.5 Å². The molecule has 8 heteroatoms. The third-order valence-electron chi connectivity index (χ3n) is 4.09. The highest BCUT2D eigenvalue weighted by Crippen LogP contribution is 2.51. The topological polar surface area (TPSA) is 48.0 Å². The number of fused-ring (bicyclic) bond motifs is 1. The highest BCUT2D eigenvalue weighted by molar-refractivity contribution is 8.16. The highest BCUT2D eigenvalue weighted by Gasteiger charge is 2.37. The molecule has 0 saturated carbocycles. The van der Waals surface area contributed by atoms with Crippen molar-refractivity contribution in [2.45, 2.75) is 57.0 Å². The fourth-order valence-corrected chi connectivity index (χ4v) is 7.48. The highest BCUT2D eigenvalue weighted by atomic mass is 32.2. The van der Waals surface area contributed by atoms with Gasteiger partial charge in [-0.05, 0) is 44.8 Å². The summed E-state index contributed by atoms with van der Waals surface area (Å²) in [6.07, 6.45) is 0.933. The lowest BCUT2D eigenvalue weighted by molar-refractivity contribution is 0.0605. The molecule has 0 unspecified atom stereocenters. The second-order valence-corrected chi connectivity index (χ2v) is 16.2. The Morgan fingerprint density at radius 2 is 1.74 bits per heavy atom. The number of benzene rings is 1. The van der Waals surface area contributed by atoms with Crippen LogP contribution in [0.3, 0.4) is 0 Å². The van der Waals surface area contributed by atoms with Crippen molar-refractivity contribution in [3.63, 3.8) is 0 Å². The van der Waals surface area contributed by atoms with Gasteiger partial charge in [-0.15, -0.1) is 23.5 Å². The third kappa shape index (κ3) is 4.89. The van der Waals surface area contributed by atoms with Crippen LogP contribution in [0.4, 0.5) is 10.5 Å².